The van der Waals surface area contributed by atoms with Gasteiger partial charge >= 0.3 is 11.9 Å². The lowest BCUT2D eigenvalue weighted by Crippen LogP contribution is -2.35. The van der Waals surface area contributed by atoms with E-state index < -0.39 is 0 Å². The molecule has 0 aromatic rings. The van der Waals surface area contributed by atoms with Crippen molar-refractivity contribution < 1.29 is 19.1 Å². The van der Waals surface area contributed by atoms with E-state index in [4.69, 9.17) is 20.9 Å². The standard InChI is InChI=1S/C23H44N2O4/c1-19(2)14-20(17-24)15-21(26)28-12-8-3-4-9-13-29-22(27)16-23(18-25)10-6-5-7-11-23/h19-20H,3-18,24-25H2,1-2H3/t20-/m0/s1. The minimum Gasteiger partial charge on any atom is -0.466 e. The molecule has 6 heteroatoms. The normalized spacial score (nSPS) is 17.1. The van der Waals surface area contributed by atoms with Crippen molar-refractivity contribution in [2.75, 3.05) is 26.3 Å². The molecule has 0 bridgehead atoms. The molecule has 1 rings (SSSR count). The predicted molar refractivity (Wildman–Crippen MR) is 116 cm³/mol. The van der Waals surface area contributed by atoms with Gasteiger partial charge in [-0.15, -0.1) is 0 Å². The molecule has 0 aromatic heterocycles. The van der Waals surface area contributed by atoms with Crippen LogP contribution in [0.2, 0.25) is 0 Å². The predicted octanol–water partition coefficient (Wildman–Crippen LogP) is 3.94. The summed E-state index contributed by atoms with van der Waals surface area (Å²) in [6, 6.07) is 0. The highest BCUT2D eigenvalue weighted by atomic mass is 16.5. The van der Waals surface area contributed by atoms with Gasteiger partial charge in [0.15, 0.2) is 0 Å². The van der Waals surface area contributed by atoms with Crippen LogP contribution in [0.15, 0.2) is 0 Å². The Hall–Kier alpha value is -1.14. The number of carbonyl (C=O) groups excluding carboxylic acids is 2. The number of nitrogens with two attached hydrogens (primary N) is 2. The van der Waals surface area contributed by atoms with Crippen molar-refractivity contribution in [1.82, 2.24) is 0 Å². The van der Waals surface area contributed by atoms with Crippen LogP contribution in [-0.4, -0.2) is 38.2 Å². The van der Waals surface area contributed by atoms with E-state index in [-0.39, 0.29) is 23.3 Å². The number of unbranched alkanes of at least 4 members (excludes halogenated alkanes) is 3. The molecule has 0 unspecified atom stereocenters. The van der Waals surface area contributed by atoms with Gasteiger partial charge in [-0.3, -0.25) is 9.59 Å². The van der Waals surface area contributed by atoms with Gasteiger partial charge in [0.05, 0.1) is 19.6 Å². The Morgan fingerprint density at radius 1 is 0.897 bits per heavy atom. The fourth-order valence-electron chi connectivity index (χ4n) is 4.27. The largest absolute Gasteiger partial charge is 0.466 e. The van der Waals surface area contributed by atoms with E-state index in [2.05, 4.69) is 13.8 Å². The second-order valence-electron chi connectivity index (χ2n) is 9.23. The molecule has 0 amide bonds. The molecule has 4 N–H and O–H groups in total. The smallest absolute Gasteiger partial charge is 0.306 e. The molecule has 1 fully saturated rings. The van der Waals surface area contributed by atoms with Crippen molar-refractivity contribution in [2.24, 2.45) is 28.7 Å². The Balaban J connectivity index is 2.02. The SMILES string of the molecule is CC(C)C[C@H](CN)CC(=O)OCCCCCCOC(=O)CC1(CN)CCCCC1. The number of rotatable bonds is 15. The number of ether oxygens (including phenoxy) is 2. The molecule has 0 radical (unpaired) electrons. The van der Waals surface area contributed by atoms with Gasteiger partial charge in [0, 0.05) is 6.42 Å². The van der Waals surface area contributed by atoms with Crippen LogP contribution in [0, 0.1) is 17.3 Å². The van der Waals surface area contributed by atoms with E-state index in [0.29, 0.717) is 45.1 Å². The molecule has 0 saturated heterocycles. The molecule has 1 atom stereocenters. The zero-order valence-corrected chi connectivity index (χ0v) is 18.8. The minimum absolute atomic E-state index is 0.0305. The summed E-state index contributed by atoms with van der Waals surface area (Å²) in [5.74, 6) is 0.492. The van der Waals surface area contributed by atoms with Crippen molar-refractivity contribution in [3.05, 3.63) is 0 Å². The molecule has 1 saturated carbocycles. The molecule has 0 aliphatic heterocycles. The van der Waals surface area contributed by atoms with E-state index in [9.17, 15) is 9.59 Å². The molecular weight excluding hydrogens is 368 g/mol. The Labute approximate surface area is 177 Å². The van der Waals surface area contributed by atoms with E-state index in [1.165, 1.54) is 19.3 Å². The third-order valence-electron chi connectivity index (χ3n) is 6.02. The van der Waals surface area contributed by atoms with Crippen LogP contribution in [0.4, 0.5) is 0 Å². The molecule has 170 valence electrons. The van der Waals surface area contributed by atoms with Crippen LogP contribution < -0.4 is 11.5 Å². The van der Waals surface area contributed by atoms with Crippen LogP contribution >= 0.6 is 0 Å². The van der Waals surface area contributed by atoms with E-state index in [0.717, 1.165) is 44.9 Å². The summed E-state index contributed by atoms with van der Waals surface area (Å²) in [4.78, 5) is 24.0. The Bertz CT molecular complexity index is 462. The zero-order valence-electron chi connectivity index (χ0n) is 18.8. The molecule has 0 heterocycles. The van der Waals surface area contributed by atoms with E-state index >= 15 is 0 Å². The lowest BCUT2D eigenvalue weighted by atomic mass is 9.72. The average molecular weight is 413 g/mol. The zero-order chi connectivity index (χ0) is 21.5. The average Bonchev–Trinajstić information content (AvgIpc) is 2.69. The number of esters is 2. The van der Waals surface area contributed by atoms with Gasteiger partial charge in [0.2, 0.25) is 0 Å². The Kier molecular flexibility index (Phi) is 13.2. The molecule has 1 aliphatic rings. The highest BCUT2D eigenvalue weighted by Crippen LogP contribution is 2.38. The summed E-state index contributed by atoms with van der Waals surface area (Å²) in [6.07, 6.45) is 11.1. The molecule has 0 spiro atoms. The summed E-state index contributed by atoms with van der Waals surface area (Å²) in [7, 11) is 0. The highest BCUT2D eigenvalue weighted by molar-refractivity contribution is 5.70. The molecule has 6 nitrogen and oxygen atoms in total. The summed E-state index contributed by atoms with van der Waals surface area (Å²) in [5, 5.41) is 0. The second-order valence-corrected chi connectivity index (χ2v) is 9.23. The molecule has 1 aliphatic carbocycles. The fraction of sp³-hybridized carbons (Fsp3) is 0.913. The van der Waals surface area contributed by atoms with Crippen LogP contribution in [-0.2, 0) is 19.1 Å². The molecule has 29 heavy (non-hydrogen) atoms. The van der Waals surface area contributed by atoms with Crippen molar-refractivity contribution in [3.8, 4) is 0 Å². The summed E-state index contributed by atoms with van der Waals surface area (Å²) in [6.45, 7) is 6.29. The maximum atomic E-state index is 12.1. The number of carbonyl (C=O) groups is 2. The van der Waals surface area contributed by atoms with Crippen LogP contribution in [0.25, 0.3) is 0 Å². The second kappa shape index (κ2) is 14.8. The van der Waals surface area contributed by atoms with Crippen molar-refractivity contribution >= 4 is 11.9 Å². The third-order valence-corrected chi connectivity index (χ3v) is 6.02. The van der Waals surface area contributed by atoms with Gasteiger partial charge in [0.25, 0.3) is 0 Å². The Morgan fingerprint density at radius 2 is 1.48 bits per heavy atom. The van der Waals surface area contributed by atoms with Gasteiger partial charge < -0.3 is 20.9 Å². The van der Waals surface area contributed by atoms with Gasteiger partial charge in [-0.2, -0.15) is 0 Å². The summed E-state index contributed by atoms with van der Waals surface area (Å²) >= 11 is 0. The van der Waals surface area contributed by atoms with Crippen molar-refractivity contribution in [2.45, 2.75) is 90.9 Å². The summed E-state index contributed by atoms with van der Waals surface area (Å²) in [5.41, 5.74) is 11.6. The van der Waals surface area contributed by atoms with Crippen LogP contribution in [0.5, 0.6) is 0 Å². The summed E-state index contributed by atoms with van der Waals surface area (Å²) < 4.78 is 10.7. The van der Waals surface area contributed by atoms with Gasteiger partial charge in [-0.1, -0.05) is 33.1 Å². The van der Waals surface area contributed by atoms with E-state index in [1.54, 1.807) is 0 Å². The maximum absolute atomic E-state index is 12.1. The topological polar surface area (TPSA) is 105 Å². The van der Waals surface area contributed by atoms with Crippen LogP contribution in [0.3, 0.4) is 0 Å². The lowest BCUT2D eigenvalue weighted by molar-refractivity contribution is -0.147. The first-order valence-corrected chi connectivity index (χ1v) is 11.6. The highest BCUT2D eigenvalue weighted by Gasteiger charge is 2.33. The minimum atomic E-state index is -0.147. The van der Waals surface area contributed by atoms with Crippen LogP contribution in [0.1, 0.15) is 90.9 Å². The first-order chi connectivity index (χ1) is 13.9. The maximum Gasteiger partial charge on any atom is 0.306 e. The first kappa shape index (κ1) is 25.9. The Morgan fingerprint density at radius 3 is 2.00 bits per heavy atom. The van der Waals surface area contributed by atoms with E-state index in [1.807, 2.05) is 0 Å². The van der Waals surface area contributed by atoms with Gasteiger partial charge in [-0.05, 0) is 75.3 Å². The quantitative estimate of drug-likeness (QED) is 0.312. The van der Waals surface area contributed by atoms with Crippen molar-refractivity contribution in [3.63, 3.8) is 0 Å². The monoisotopic (exact) mass is 412 g/mol. The number of hydrogen-bond acceptors (Lipinski definition) is 6. The molecular formula is C23H44N2O4. The van der Waals surface area contributed by atoms with Gasteiger partial charge in [-0.25, -0.2) is 0 Å². The van der Waals surface area contributed by atoms with Crippen molar-refractivity contribution in [1.29, 1.82) is 0 Å². The molecule has 0 aromatic carbocycles. The fourth-order valence-corrected chi connectivity index (χ4v) is 4.27. The first-order valence-electron chi connectivity index (χ1n) is 11.6. The third kappa shape index (κ3) is 11.6. The van der Waals surface area contributed by atoms with Gasteiger partial charge in [0.1, 0.15) is 0 Å². The number of hydrogen-bond donors (Lipinski definition) is 2. The lowest BCUT2D eigenvalue weighted by Gasteiger charge is -2.35.